The van der Waals surface area contributed by atoms with E-state index in [9.17, 15) is 0 Å². The molecule has 4 heteroatoms. The molecule has 0 amide bonds. The Bertz CT molecular complexity index is 626. The molecule has 1 aliphatic rings. The summed E-state index contributed by atoms with van der Waals surface area (Å²) in [6, 6.07) is 6.48. The van der Waals surface area contributed by atoms with Crippen molar-refractivity contribution in [3.8, 4) is 11.3 Å². The fraction of sp³-hybridized carbons (Fsp3) is 0.400. The van der Waals surface area contributed by atoms with Crippen molar-refractivity contribution in [3.05, 3.63) is 38.1 Å². The summed E-state index contributed by atoms with van der Waals surface area (Å²) >= 11 is 5.37. The molecule has 0 radical (unpaired) electrons. The number of nitrogens with one attached hydrogen (secondary N) is 1. The van der Waals surface area contributed by atoms with Crippen molar-refractivity contribution < 1.29 is 0 Å². The van der Waals surface area contributed by atoms with E-state index >= 15 is 0 Å². The third-order valence-electron chi connectivity index (χ3n) is 3.18. The summed E-state index contributed by atoms with van der Waals surface area (Å²) in [7, 11) is 0. The quantitative estimate of drug-likeness (QED) is 0.751. The summed E-state index contributed by atoms with van der Waals surface area (Å²) in [4.78, 5) is 6.21. The van der Waals surface area contributed by atoms with Crippen LogP contribution >= 0.6 is 27.3 Å². The molecule has 100 valence electrons. The van der Waals surface area contributed by atoms with E-state index in [1.54, 1.807) is 0 Å². The minimum Gasteiger partial charge on any atom is -0.306 e. The van der Waals surface area contributed by atoms with Crippen LogP contribution in [0.25, 0.3) is 11.3 Å². The zero-order valence-electron chi connectivity index (χ0n) is 11.4. The van der Waals surface area contributed by atoms with Gasteiger partial charge in [-0.3, -0.25) is 0 Å². The molecule has 3 rings (SSSR count). The van der Waals surface area contributed by atoms with Crippen LogP contribution in [-0.4, -0.2) is 10.5 Å². The smallest absolute Gasteiger partial charge is 0.107 e. The third-order valence-corrected chi connectivity index (χ3v) is 4.73. The number of halogens is 1. The number of benzene rings is 1. The average molecular weight is 337 g/mol. The Labute approximate surface area is 126 Å². The molecule has 0 unspecified atom stereocenters. The second-order valence-electron chi connectivity index (χ2n) is 5.96. The molecule has 0 bridgehead atoms. The lowest BCUT2D eigenvalue weighted by Crippen LogP contribution is -2.35. The first kappa shape index (κ1) is 13.3. The Hall–Kier alpha value is -0.710. The zero-order valence-corrected chi connectivity index (χ0v) is 13.8. The number of aromatic nitrogens is 1. The molecule has 0 saturated heterocycles. The van der Waals surface area contributed by atoms with E-state index in [-0.39, 0.29) is 5.54 Å². The monoisotopic (exact) mass is 336 g/mol. The van der Waals surface area contributed by atoms with E-state index in [1.165, 1.54) is 26.7 Å². The molecule has 1 heterocycles. The molecule has 1 aromatic heterocycles. The van der Waals surface area contributed by atoms with Gasteiger partial charge in [0.1, 0.15) is 5.01 Å². The van der Waals surface area contributed by atoms with Crippen LogP contribution in [0.4, 0.5) is 0 Å². The fourth-order valence-electron chi connectivity index (χ4n) is 2.26. The lowest BCUT2D eigenvalue weighted by Gasteiger charge is -2.19. The summed E-state index contributed by atoms with van der Waals surface area (Å²) in [6.07, 6.45) is 1.03. The molecule has 1 N–H and O–H groups in total. The molecule has 1 aromatic carbocycles. The Balaban J connectivity index is 1.85. The van der Waals surface area contributed by atoms with Gasteiger partial charge in [-0.2, -0.15) is 0 Å². The molecule has 0 spiro atoms. The fourth-order valence-corrected chi connectivity index (χ4v) is 3.71. The maximum Gasteiger partial charge on any atom is 0.107 e. The van der Waals surface area contributed by atoms with E-state index < -0.39 is 0 Å². The standard InChI is InChI=1S/C15H17BrN2S/c1-15(2,3)17-8-13-18-14-11-5-4-10(16)6-9(11)7-12(14)19-13/h4-6,17H,7-8H2,1-3H3. The number of nitrogens with zero attached hydrogens (tertiary/aromatic N) is 1. The van der Waals surface area contributed by atoms with Crippen LogP contribution in [0.3, 0.4) is 0 Å². The Morgan fingerprint density at radius 1 is 1.37 bits per heavy atom. The van der Waals surface area contributed by atoms with Gasteiger partial charge in [-0.25, -0.2) is 4.98 Å². The summed E-state index contributed by atoms with van der Waals surface area (Å²) < 4.78 is 1.15. The molecule has 0 saturated carbocycles. The van der Waals surface area contributed by atoms with Crippen molar-refractivity contribution in [3.63, 3.8) is 0 Å². The van der Waals surface area contributed by atoms with E-state index in [4.69, 9.17) is 4.98 Å². The van der Waals surface area contributed by atoms with Gasteiger partial charge in [0.05, 0.1) is 5.69 Å². The van der Waals surface area contributed by atoms with Crippen molar-refractivity contribution >= 4 is 27.3 Å². The maximum absolute atomic E-state index is 4.81. The topological polar surface area (TPSA) is 24.9 Å². The number of fused-ring (bicyclic) bond motifs is 3. The zero-order chi connectivity index (χ0) is 13.6. The van der Waals surface area contributed by atoms with Gasteiger partial charge in [-0.1, -0.05) is 22.0 Å². The van der Waals surface area contributed by atoms with Gasteiger partial charge in [0.15, 0.2) is 0 Å². The molecule has 1 aliphatic carbocycles. The highest BCUT2D eigenvalue weighted by atomic mass is 79.9. The molecule has 0 atom stereocenters. The van der Waals surface area contributed by atoms with Crippen LogP contribution in [-0.2, 0) is 13.0 Å². The third kappa shape index (κ3) is 2.76. The minimum absolute atomic E-state index is 0.138. The van der Waals surface area contributed by atoms with Crippen molar-refractivity contribution in [1.29, 1.82) is 0 Å². The molecule has 2 aromatic rings. The Kier molecular flexibility index (Phi) is 3.28. The van der Waals surface area contributed by atoms with Crippen molar-refractivity contribution in [2.75, 3.05) is 0 Å². The summed E-state index contributed by atoms with van der Waals surface area (Å²) in [5, 5.41) is 4.69. The Morgan fingerprint density at radius 2 is 2.16 bits per heavy atom. The molecule has 2 nitrogen and oxygen atoms in total. The predicted octanol–water partition coefficient (Wildman–Crippen LogP) is 4.36. The highest BCUT2D eigenvalue weighted by Crippen LogP contribution is 2.40. The second-order valence-corrected chi connectivity index (χ2v) is 8.05. The van der Waals surface area contributed by atoms with Crippen molar-refractivity contribution in [2.24, 2.45) is 0 Å². The van der Waals surface area contributed by atoms with Gasteiger partial charge in [0.2, 0.25) is 0 Å². The lowest BCUT2D eigenvalue weighted by atomic mass is 10.1. The Morgan fingerprint density at radius 3 is 2.89 bits per heavy atom. The summed E-state index contributed by atoms with van der Waals surface area (Å²) in [5.41, 5.74) is 4.02. The van der Waals surface area contributed by atoms with E-state index in [0.29, 0.717) is 0 Å². The van der Waals surface area contributed by atoms with Gasteiger partial charge >= 0.3 is 0 Å². The SMILES string of the molecule is CC(C)(C)NCc1nc2c(s1)Cc1cc(Br)ccc1-2. The first-order chi connectivity index (χ1) is 8.92. The summed E-state index contributed by atoms with van der Waals surface area (Å²) in [6.45, 7) is 7.40. The number of rotatable bonds is 2. The lowest BCUT2D eigenvalue weighted by molar-refractivity contribution is 0.424. The number of thiazole rings is 1. The van der Waals surface area contributed by atoms with Crippen LogP contribution in [0.2, 0.25) is 0 Å². The molecular weight excluding hydrogens is 320 g/mol. The van der Waals surface area contributed by atoms with E-state index in [2.05, 4.69) is 60.2 Å². The van der Waals surface area contributed by atoms with Crippen LogP contribution in [0.5, 0.6) is 0 Å². The van der Waals surface area contributed by atoms with Crippen molar-refractivity contribution in [2.45, 2.75) is 39.3 Å². The van der Waals surface area contributed by atoms with Gasteiger partial charge in [0, 0.05) is 33.4 Å². The van der Waals surface area contributed by atoms with Gasteiger partial charge in [-0.15, -0.1) is 11.3 Å². The van der Waals surface area contributed by atoms with Crippen molar-refractivity contribution in [1.82, 2.24) is 10.3 Å². The normalized spacial score (nSPS) is 13.5. The first-order valence-electron chi connectivity index (χ1n) is 6.45. The molecule has 0 aliphatic heterocycles. The number of hydrogen-bond acceptors (Lipinski definition) is 3. The largest absolute Gasteiger partial charge is 0.306 e. The van der Waals surface area contributed by atoms with E-state index in [0.717, 1.165) is 17.4 Å². The van der Waals surface area contributed by atoms with Crippen LogP contribution in [0.15, 0.2) is 22.7 Å². The summed E-state index contributed by atoms with van der Waals surface area (Å²) in [5.74, 6) is 0. The highest BCUT2D eigenvalue weighted by Gasteiger charge is 2.23. The molecule has 0 fully saturated rings. The average Bonchev–Trinajstić information content (AvgIpc) is 2.81. The first-order valence-corrected chi connectivity index (χ1v) is 8.06. The second kappa shape index (κ2) is 4.69. The minimum atomic E-state index is 0.138. The predicted molar refractivity (Wildman–Crippen MR) is 84.6 cm³/mol. The van der Waals surface area contributed by atoms with Gasteiger partial charge in [0.25, 0.3) is 0 Å². The molecular formula is C15H17BrN2S. The highest BCUT2D eigenvalue weighted by molar-refractivity contribution is 9.10. The van der Waals surface area contributed by atoms with Gasteiger partial charge in [-0.05, 0) is 38.5 Å². The van der Waals surface area contributed by atoms with E-state index in [1.807, 2.05) is 11.3 Å². The maximum atomic E-state index is 4.81. The van der Waals surface area contributed by atoms with Crippen LogP contribution in [0.1, 0.15) is 36.2 Å². The van der Waals surface area contributed by atoms with Crippen LogP contribution < -0.4 is 5.32 Å². The van der Waals surface area contributed by atoms with Crippen LogP contribution in [0, 0.1) is 0 Å². The molecule has 19 heavy (non-hydrogen) atoms. The van der Waals surface area contributed by atoms with Gasteiger partial charge < -0.3 is 5.32 Å². The number of hydrogen-bond donors (Lipinski definition) is 1.